The Hall–Kier alpha value is -1.56. The molecule has 5 atom stereocenters. The summed E-state index contributed by atoms with van der Waals surface area (Å²) in [6.07, 6.45) is 4.04. The summed E-state index contributed by atoms with van der Waals surface area (Å²) in [6.45, 7) is 2.29. The van der Waals surface area contributed by atoms with E-state index < -0.39 is 0 Å². The van der Waals surface area contributed by atoms with Crippen LogP contribution in [-0.2, 0) is 14.3 Å². The van der Waals surface area contributed by atoms with E-state index in [0.717, 1.165) is 17.9 Å². The van der Waals surface area contributed by atoms with Crippen LogP contribution in [0.1, 0.15) is 36.2 Å². The molecule has 2 aliphatic carbocycles. The number of carbonyl (C=O) groups excluding carboxylic acids is 2. The normalized spacial score (nSPS) is 33.2. The maximum atomic E-state index is 12.2. The third kappa shape index (κ3) is 2.11. The first kappa shape index (κ1) is 15.0. The number of hydrogen-bond acceptors (Lipinski definition) is 5. The zero-order valence-electron chi connectivity index (χ0n) is 13.2. The monoisotopic (exact) mass is 334 g/mol. The summed E-state index contributed by atoms with van der Waals surface area (Å²) < 4.78 is 12.4. The van der Waals surface area contributed by atoms with Crippen molar-refractivity contribution < 1.29 is 23.6 Å². The van der Waals surface area contributed by atoms with Crippen molar-refractivity contribution in [3.8, 4) is 0 Å². The zero-order chi connectivity index (χ0) is 16.1. The lowest BCUT2D eigenvalue weighted by atomic mass is 9.85. The van der Waals surface area contributed by atoms with E-state index in [0.29, 0.717) is 35.3 Å². The average Bonchev–Trinajstić information content (AvgIpc) is 3.23. The van der Waals surface area contributed by atoms with Crippen molar-refractivity contribution in [2.24, 2.45) is 17.8 Å². The number of methoxy groups -OCH3 is 1. The molecule has 0 unspecified atom stereocenters. The highest BCUT2D eigenvalue weighted by Gasteiger charge is 2.63. The van der Waals surface area contributed by atoms with Crippen molar-refractivity contribution in [2.75, 3.05) is 13.7 Å². The number of pyridine rings is 1. The molecule has 0 saturated heterocycles. The molecule has 1 aromatic rings. The van der Waals surface area contributed by atoms with Crippen LogP contribution in [0.2, 0.25) is 0 Å². The lowest BCUT2D eigenvalue weighted by Crippen LogP contribution is -2.46. The van der Waals surface area contributed by atoms with E-state index in [1.54, 1.807) is 11.8 Å². The number of esters is 2. The maximum Gasteiger partial charge on any atom is 0.345 e. The Morgan fingerprint density at radius 1 is 1.39 bits per heavy atom. The fourth-order valence-corrected chi connectivity index (χ4v) is 6.41. The van der Waals surface area contributed by atoms with Gasteiger partial charge < -0.3 is 9.47 Å². The highest BCUT2D eigenvalue weighted by molar-refractivity contribution is 8.00. The van der Waals surface area contributed by atoms with E-state index in [9.17, 15) is 9.59 Å². The molecule has 0 spiro atoms. The summed E-state index contributed by atoms with van der Waals surface area (Å²) in [4.78, 5) is 24.2. The van der Waals surface area contributed by atoms with Gasteiger partial charge in [-0.3, -0.25) is 4.79 Å². The smallest absolute Gasteiger partial charge is 0.345 e. The first-order valence-corrected chi connectivity index (χ1v) is 8.99. The molecule has 0 amide bonds. The first-order chi connectivity index (χ1) is 11.2. The van der Waals surface area contributed by atoms with Gasteiger partial charge in [0.25, 0.3) is 5.03 Å². The predicted octanol–water partition coefficient (Wildman–Crippen LogP) is 2.00. The standard InChI is InChI=1S/C17H20NO4S/c1-3-22-17(20)12-8-9-7-11(12)14-13(9)18-6-4-5-10(15(18)23-14)16(19)21-2/h4-6,9,11-14H,3,7-8H2,1-2H3/q+1/t9-,11+,12-,13-,14-/m1/s1. The number of rotatable bonds is 3. The number of thioether (sulfide) groups is 1. The zero-order valence-corrected chi connectivity index (χ0v) is 14.0. The van der Waals surface area contributed by atoms with Gasteiger partial charge in [0.1, 0.15) is 5.56 Å². The van der Waals surface area contributed by atoms with Crippen LogP contribution in [0.4, 0.5) is 0 Å². The summed E-state index contributed by atoms with van der Waals surface area (Å²) in [7, 11) is 1.41. The van der Waals surface area contributed by atoms with Gasteiger partial charge in [-0.1, -0.05) is 0 Å². The summed E-state index contributed by atoms with van der Waals surface area (Å²) in [5.41, 5.74) is 0.626. The molecule has 1 aliphatic heterocycles. The minimum Gasteiger partial charge on any atom is -0.466 e. The highest BCUT2D eigenvalue weighted by Crippen LogP contribution is 2.60. The molecule has 23 heavy (non-hydrogen) atoms. The van der Waals surface area contributed by atoms with Crippen molar-refractivity contribution in [2.45, 2.75) is 36.1 Å². The van der Waals surface area contributed by atoms with Crippen LogP contribution in [0, 0.1) is 17.8 Å². The SMILES string of the molecule is CCOC(=O)[C@@H]1C[C@H]2C[C@@H]1[C@H]1Sc3c(C(=O)OC)ccc[n+]3[C@H]21. The van der Waals surface area contributed by atoms with Crippen LogP contribution >= 0.6 is 11.8 Å². The molecule has 122 valence electrons. The molecule has 4 rings (SSSR count). The Balaban J connectivity index is 1.65. The van der Waals surface area contributed by atoms with Gasteiger partial charge in [-0.25, -0.2) is 4.79 Å². The Bertz CT molecular complexity index is 677. The molecular weight excluding hydrogens is 314 g/mol. The summed E-state index contributed by atoms with van der Waals surface area (Å²) in [5.74, 6) is 0.514. The molecule has 2 bridgehead atoms. The van der Waals surface area contributed by atoms with Crippen LogP contribution in [0.25, 0.3) is 0 Å². The van der Waals surface area contributed by atoms with Crippen molar-refractivity contribution in [3.05, 3.63) is 23.9 Å². The third-order valence-electron chi connectivity index (χ3n) is 5.43. The lowest BCUT2D eigenvalue weighted by Gasteiger charge is -2.25. The minimum absolute atomic E-state index is 0.0187. The molecule has 0 aromatic carbocycles. The first-order valence-electron chi connectivity index (χ1n) is 8.11. The molecular formula is C17H20NO4S+. The van der Waals surface area contributed by atoms with E-state index in [1.165, 1.54) is 7.11 Å². The summed E-state index contributed by atoms with van der Waals surface area (Å²) >= 11 is 1.73. The second-order valence-electron chi connectivity index (χ2n) is 6.45. The van der Waals surface area contributed by atoms with E-state index in [2.05, 4.69) is 10.8 Å². The van der Waals surface area contributed by atoms with Crippen molar-refractivity contribution in [3.63, 3.8) is 0 Å². The summed E-state index contributed by atoms with van der Waals surface area (Å²) in [5, 5.41) is 1.34. The van der Waals surface area contributed by atoms with Crippen LogP contribution in [-0.4, -0.2) is 30.9 Å². The van der Waals surface area contributed by atoms with Gasteiger partial charge in [0, 0.05) is 12.0 Å². The Kier molecular flexibility index (Phi) is 3.59. The molecule has 0 N–H and O–H groups in total. The van der Waals surface area contributed by atoms with Gasteiger partial charge in [0.15, 0.2) is 12.2 Å². The number of ether oxygens (including phenoxy) is 2. The average molecular weight is 334 g/mol. The third-order valence-corrected chi connectivity index (χ3v) is 6.98. The number of hydrogen-bond donors (Lipinski definition) is 0. The van der Waals surface area contributed by atoms with Gasteiger partial charge in [-0.15, -0.1) is 0 Å². The molecule has 3 aliphatic rings. The van der Waals surface area contributed by atoms with Gasteiger partial charge in [0.05, 0.1) is 24.9 Å². The Morgan fingerprint density at radius 2 is 2.22 bits per heavy atom. The number of nitrogens with zero attached hydrogens (tertiary/aromatic N) is 1. The number of aromatic nitrogens is 1. The van der Waals surface area contributed by atoms with E-state index in [-0.39, 0.29) is 17.9 Å². The molecule has 5 nitrogen and oxygen atoms in total. The Labute approximate surface area is 139 Å². The van der Waals surface area contributed by atoms with Crippen LogP contribution < -0.4 is 4.57 Å². The van der Waals surface area contributed by atoms with Gasteiger partial charge >= 0.3 is 11.9 Å². The quantitative estimate of drug-likeness (QED) is 0.625. The van der Waals surface area contributed by atoms with Crippen molar-refractivity contribution >= 4 is 23.7 Å². The predicted molar refractivity (Wildman–Crippen MR) is 83.0 cm³/mol. The van der Waals surface area contributed by atoms with E-state index in [1.807, 2.05) is 19.1 Å². The number of fused-ring (bicyclic) bond motifs is 7. The molecule has 2 heterocycles. The van der Waals surface area contributed by atoms with Gasteiger partial charge in [-0.05, 0) is 43.5 Å². The largest absolute Gasteiger partial charge is 0.466 e. The van der Waals surface area contributed by atoms with E-state index in [4.69, 9.17) is 9.47 Å². The van der Waals surface area contributed by atoms with Crippen molar-refractivity contribution in [1.82, 2.24) is 0 Å². The lowest BCUT2D eigenvalue weighted by molar-refractivity contribution is -0.756. The fraction of sp³-hybridized carbons (Fsp3) is 0.588. The van der Waals surface area contributed by atoms with Gasteiger partial charge in [0.2, 0.25) is 0 Å². The molecule has 6 heteroatoms. The Morgan fingerprint density at radius 3 is 2.96 bits per heavy atom. The van der Waals surface area contributed by atoms with E-state index >= 15 is 0 Å². The molecule has 2 fully saturated rings. The molecule has 0 radical (unpaired) electrons. The molecule has 1 aromatic heterocycles. The van der Waals surface area contributed by atoms with Crippen molar-refractivity contribution in [1.29, 1.82) is 0 Å². The maximum absolute atomic E-state index is 12.2. The second-order valence-corrected chi connectivity index (χ2v) is 7.62. The van der Waals surface area contributed by atoms with Crippen LogP contribution in [0.5, 0.6) is 0 Å². The topological polar surface area (TPSA) is 56.5 Å². The van der Waals surface area contributed by atoms with Crippen LogP contribution in [0.15, 0.2) is 23.4 Å². The highest BCUT2D eigenvalue weighted by atomic mass is 32.2. The van der Waals surface area contributed by atoms with Gasteiger partial charge in [-0.2, -0.15) is 4.57 Å². The molecule has 2 saturated carbocycles. The second kappa shape index (κ2) is 5.51. The fourth-order valence-electron chi connectivity index (χ4n) is 4.60. The summed E-state index contributed by atoms with van der Waals surface area (Å²) in [6, 6.07) is 4.11. The minimum atomic E-state index is -0.295. The number of carbonyl (C=O) groups is 2. The van der Waals surface area contributed by atoms with Crippen LogP contribution in [0.3, 0.4) is 0 Å².